The molecule has 1 fully saturated rings. The molecule has 1 heterocycles. The lowest BCUT2D eigenvalue weighted by molar-refractivity contribution is -0.00998. The summed E-state index contributed by atoms with van der Waals surface area (Å²) in [5.74, 6) is -0.140. The second-order valence-corrected chi connectivity index (χ2v) is 8.11. The third-order valence-corrected chi connectivity index (χ3v) is 6.08. The summed E-state index contributed by atoms with van der Waals surface area (Å²) in [5, 5.41) is 0.794. The quantitative estimate of drug-likeness (QED) is 0.496. The smallest absolute Gasteiger partial charge is 0.127 e. The number of hydrogen-bond donors (Lipinski definition) is 0. The van der Waals surface area contributed by atoms with E-state index in [0.717, 1.165) is 42.2 Å². The number of hydrogen-bond acceptors (Lipinski definition) is 2. The number of aryl methyl sites for hydroxylation is 1. The topological polar surface area (TPSA) is 6.48 Å². The van der Waals surface area contributed by atoms with Crippen molar-refractivity contribution in [3.05, 3.63) is 106 Å². The molecule has 1 atom stereocenters. The van der Waals surface area contributed by atoms with E-state index in [0.29, 0.717) is 6.54 Å². The molecule has 0 radical (unpaired) electrons. The lowest BCUT2D eigenvalue weighted by atomic mass is 10.00. The molecule has 0 spiro atoms. The number of rotatable bonds is 5. The van der Waals surface area contributed by atoms with Gasteiger partial charge in [-0.3, -0.25) is 9.80 Å². The molecule has 0 aliphatic carbocycles. The van der Waals surface area contributed by atoms with Crippen LogP contribution in [0.2, 0.25) is 5.02 Å². The molecule has 29 heavy (non-hydrogen) atoms. The molecule has 1 aliphatic rings. The van der Waals surface area contributed by atoms with E-state index in [1.54, 1.807) is 12.1 Å². The molecule has 3 aromatic carbocycles. The van der Waals surface area contributed by atoms with Crippen LogP contribution < -0.4 is 0 Å². The first-order valence-corrected chi connectivity index (χ1v) is 10.5. The van der Waals surface area contributed by atoms with Crippen LogP contribution in [0.4, 0.5) is 4.39 Å². The van der Waals surface area contributed by atoms with Crippen molar-refractivity contribution in [1.29, 1.82) is 0 Å². The van der Waals surface area contributed by atoms with Gasteiger partial charge in [0.25, 0.3) is 0 Å². The molecule has 1 aliphatic heterocycles. The average Bonchev–Trinajstić information content (AvgIpc) is 2.72. The maximum absolute atomic E-state index is 14.4. The molecule has 0 aromatic heterocycles. The Labute approximate surface area is 177 Å². The van der Waals surface area contributed by atoms with Gasteiger partial charge in [0.15, 0.2) is 0 Å². The molecule has 0 amide bonds. The molecule has 0 saturated carbocycles. The van der Waals surface area contributed by atoms with Crippen molar-refractivity contribution in [2.45, 2.75) is 32.6 Å². The van der Waals surface area contributed by atoms with E-state index < -0.39 is 0 Å². The Balaban J connectivity index is 1.69. The Morgan fingerprint density at radius 2 is 1.41 bits per heavy atom. The van der Waals surface area contributed by atoms with E-state index in [2.05, 4.69) is 47.1 Å². The van der Waals surface area contributed by atoms with Crippen molar-refractivity contribution in [3.63, 3.8) is 0 Å². The zero-order valence-electron chi connectivity index (χ0n) is 16.7. The molecule has 3 aromatic rings. The van der Waals surface area contributed by atoms with Crippen LogP contribution in [0.5, 0.6) is 0 Å². The summed E-state index contributed by atoms with van der Waals surface area (Å²) < 4.78 is 14.4. The molecule has 150 valence electrons. The van der Waals surface area contributed by atoms with E-state index >= 15 is 0 Å². The first-order chi connectivity index (χ1) is 14.1. The number of benzene rings is 3. The van der Waals surface area contributed by atoms with Gasteiger partial charge in [-0.2, -0.15) is 0 Å². The highest BCUT2D eigenvalue weighted by Gasteiger charge is 2.32. The molecule has 4 rings (SSSR count). The Morgan fingerprint density at radius 3 is 2.10 bits per heavy atom. The maximum Gasteiger partial charge on any atom is 0.127 e. The maximum atomic E-state index is 14.4. The predicted molar refractivity (Wildman–Crippen MR) is 117 cm³/mol. The van der Waals surface area contributed by atoms with Crippen LogP contribution in [0.1, 0.15) is 34.8 Å². The minimum atomic E-state index is -0.140. The Morgan fingerprint density at radius 1 is 0.828 bits per heavy atom. The average molecular weight is 409 g/mol. The minimum Gasteiger partial charge on any atom is -0.280 e. The second-order valence-electron chi connectivity index (χ2n) is 7.71. The molecule has 0 N–H and O–H groups in total. The summed E-state index contributed by atoms with van der Waals surface area (Å²) >= 11 is 6.47. The summed E-state index contributed by atoms with van der Waals surface area (Å²) in [6, 6.07) is 23.6. The van der Waals surface area contributed by atoms with Gasteiger partial charge in [0, 0.05) is 36.8 Å². The molecule has 2 nitrogen and oxygen atoms in total. The fraction of sp³-hybridized carbons (Fsp3) is 0.280. The van der Waals surface area contributed by atoms with Gasteiger partial charge in [-0.1, -0.05) is 72.3 Å². The monoisotopic (exact) mass is 408 g/mol. The van der Waals surface area contributed by atoms with E-state index in [-0.39, 0.29) is 12.0 Å². The van der Waals surface area contributed by atoms with Crippen LogP contribution in [0.3, 0.4) is 0 Å². The summed E-state index contributed by atoms with van der Waals surface area (Å²) in [4.78, 5) is 4.86. The van der Waals surface area contributed by atoms with Crippen molar-refractivity contribution in [3.8, 4) is 0 Å². The third-order valence-electron chi connectivity index (χ3n) is 5.71. The molecular formula is C25H26ClFN2. The van der Waals surface area contributed by atoms with Crippen LogP contribution in [0.15, 0.2) is 72.8 Å². The van der Waals surface area contributed by atoms with Gasteiger partial charge < -0.3 is 0 Å². The normalized spacial score (nSPS) is 18.1. The van der Waals surface area contributed by atoms with Crippen LogP contribution in [0.25, 0.3) is 0 Å². The number of nitrogens with zero attached hydrogens (tertiary/aromatic N) is 2. The van der Waals surface area contributed by atoms with Crippen LogP contribution in [0, 0.1) is 12.7 Å². The highest BCUT2D eigenvalue weighted by molar-refractivity contribution is 6.31. The lowest BCUT2D eigenvalue weighted by Gasteiger charge is -2.45. The number of halogens is 2. The third kappa shape index (κ3) is 4.53. The standard InChI is InChI=1S/C25H26ClFN2/c1-19-9-2-5-12-22(19)25-28(17-20-10-3-6-13-23(20)26)15-8-16-29(25)18-21-11-4-7-14-24(21)27/h2-7,9-14,25H,8,15-18H2,1H3/t25-/m1/s1. The van der Waals surface area contributed by atoms with Gasteiger partial charge in [-0.15, -0.1) is 0 Å². The summed E-state index contributed by atoms with van der Waals surface area (Å²) in [6.45, 7) is 5.43. The van der Waals surface area contributed by atoms with Gasteiger partial charge >= 0.3 is 0 Å². The van der Waals surface area contributed by atoms with E-state index in [9.17, 15) is 4.39 Å². The van der Waals surface area contributed by atoms with E-state index in [4.69, 9.17) is 11.6 Å². The van der Waals surface area contributed by atoms with E-state index in [1.165, 1.54) is 11.1 Å². The molecular weight excluding hydrogens is 383 g/mol. The van der Waals surface area contributed by atoms with Crippen LogP contribution >= 0.6 is 11.6 Å². The molecule has 4 heteroatoms. The van der Waals surface area contributed by atoms with Gasteiger partial charge in [0.05, 0.1) is 6.17 Å². The molecule has 0 bridgehead atoms. The zero-order chi connectivity index (χ0) is 20.2. The Hall–Kier alpha value is -2.20. The predicted octanol–water partition coefficient (Wildman–Crippen LogP) is 6.19. The SMILES string of the molecule is Cc1ccccc1[C@H]1N(Cc2ccccc2F)CCCN1Cc1ccccc1Cl. The molecule has 1 saturated heterocycles. The fourth-order valence-corrected chi connectivity index (χ4v) is 4.44. The first-order valence-electron chi connectivity index (χ1n) is 10.1. The first kappa shape index (κ1) is 20.1. The van der Waals surface area contributed by atoms with Gasteiger partial charge in [-0.25, -0.2) is 4.39 Å². The fourth-order valence-electron chi connectivity index (χ4n) is 4.24. The largest absolute Gasteiger partial charge is 0.280 e. The zero-order valence-corrected chi connectivity index (χ0v) is 17.4. The minimum absolute atomic E-state index is 0.0841. The Bertz CT molecular complexity index is 919. The van der Waals surface area contributed by atoms with Crippen molar-refractivity contribution in [2.75, 3.05) is 13.1 Å². The van der Waals surface area contributed by atoms with Crippen LogP contribution in [-0.4, -0.2) is 22.9 Å². The lowest BCUT2D eigenvalue weighted by Crippen LogP contribution is -2.47. The van der Waals surface area contributed by atoms with Gasteiger partial charge in [0.2, 0.25) is 0 Å². The van der Waals surface area contributed by atoms with E-state index in [1.807, 2.05) is 30.3 Å². The highest BCUT2D eigenvalue weighted by Crippen LogP contribution is 2.34. The second kappa shape index (κ2) is 9.08. The van der Waals surface area contributed by atoms with Crippen molar-refractivity contribution in [1.82, 2.24) is 9.80 Å². The van der Waals surface area contributed by atoms with Crippen LogP contribution in [-0.2, 0) is 13.1 Å². The van der Waals surface area contributed by atoms with Gasteiger partial charge in [0.1, 0.15) is 5.82 Å². The van der Waals surface area contributed by atoms with Gasteiger partial charge in [-0.05, 0) is 42.2 Å². The van der Waals surface area contributed by atoms with Crippen molar-refractivity contribution >= 4 is 11.6 Å². The Kier molecular flexibility index (Phi) is 6.29. The van der Waals surface area contributed by atoms with Crippen molar-refractivity contribution in [2.24, 2.45) is 0 Å². The highest BCUT2D eigenvalue weighted by atomic mass is 35.5. The van der Waals surface area contributed by atoms with Crippen molar-refractivity contribution < 1.29 is 4.39 Å². The summed E-state index contributed by atoms with van der Waals surface area (Å²) in [7, 11) is 0. The molecule has 0 unspecified atom stereocenters. The summed E-state index contributed by atoms with van der Waals surface area (Å²) in [6.07, 6.45) is 1.13. The summed E-state index contributed by atoms with van der Waals surface area (Å²) in [5.41, 5.74) is 4.39.